The van der Waals surface area contributed by atoms with Crippen molar-refractivity contribution < 1.29 is 4.79 Å². The van der Waals surface area contributed by atoms with Crippen molar-refractivity contribution in [1.29, 1.82) is 0 Å². The minimum Gasteiger partial charge on any atom is -0.347 e. The zero-order valence-electron chi connectivity index (χ0n) is 15.3. The number of amides is 1. The molecule has 134 valence electrons. The van der Waals surface area contributed by atoms with E-state index in [1.54, 1.807) is 0 Å². The first-order valence-electron chi connectivity index (χ1n) is 9.56. The number of rotatable bonds is 4. The standard InChI is InChI=1S/C20H28N4O/c1-15-12-21-19(17-7-3-8-17)24(15)14-16-6-4-11-23(13-16)20(25)18-9-5-10-22(18)2/h5,9-10,12,16-17H,3-4,6-8,11,13-14H2,1-2H3. The molecule has 2 aromatic rings. The summed E-state index contributed by atoms with van der Waals surface area (Å²) in [4.78, 5) is 19.5. The Morgan fingerprint density at radius 1 is 1.28 bits per heavy atom. The molecule has 1 saturated heterocycles. The molecule has 0 N–H and O–H groups in total. The van der Waals surface area contributed by atoms with Crippen molar-refractivity contribution >= 4 is 5.91 Å². The molecule has 0 spiro atoms. The highest BCUT2D eigenvalue weighted by molar-refractivity contribution is 5.92. The van der Waals surface area contributed by atoms with Gasteiger partial charge in [-0.1, -0.05) is 6.42 Å². The second-order valence-corrected chi connectivity index (χ2v) is 7.76. The van der Waals surface area contributed by atoms with Gasteiger partial charge >= 0.3 is 0 Å². The van der Waals surface area contributed by atoms with Crippen LogP contribution in [0.2, 0.25) is 0 Å². The molecule has 3 heterocycles. The number of aromatic nitrogens is 3. The Morgan fingerprint density at radius 2 is 2.12 bits per heavy atom. The van der Waals surface area contributed by atoms with Crippen LogP contribution in [0.25, 0.3) is 0 Å². The predicted molar refractivity (Wildman–Crippen MR) is 97.6 cm³/mol. The van der Waals surface area contributed by atoms with Crippen LogP contribution in [-0.4, -0.2) is 38.0 Å². The van der Waals surface area contributed by atoms with Crippen molar-refractivity contribution in [3.05, 3.63) is 41.7 Å². The van der Waals surface area contributed by atoms with E-state index in [0.29, 0.717) is 11.8 Å². The molecule has 2 aromatic heterocycles. The van der Waals surface area contributed by atoms with Crippen molar-refractivity contribution in [2.45, 2.75) is 51.5 Å². The number of aryl methyl sites for hydroxylation is 2. The molecule has 1 aliphatic heterocycles. The lowest BCUT2D eigenvalue weighted by atomic mass is 9.84. The van der Waals surface area contributed by atoms with E-state index in [4.69, 9.17) is 0 Å². The fourth-order valence-corrected chi connectivity index (χ4v) is 4.21. The largest absolute Gasteiger partial charge is 0.347 e. The van der Waals surface area contributed by atoms with Gasteiger partial charge in [-0.25, -0.2) is 4.98 Å². The number of piperidine rings is 1. The maximum absolute atomic E-state index is 12.8. The summed E-state index contributed by atoms with van der Waals surface area (Å²) in [6, 6.07) is 3.86. The van der Waals surface area contributed by atoms with Gasteiger partial charge in [0.1, 0.15) is 11.5 Å². The first-order valence-corrected chi connectivity index (χ1v) is 9.56. The zero-order chi connectivity index (χ0) is 17.4. The average molecular weight is 340 g/mol. The molecule has 0 aromatic carbocycles. The normalized spacial score (nSPS) is 21.4. The first kappa shape index (κ1) is 16.4. The van der Waals surface area contributed by atoms with Crippen LogP contribution in [0.15, 0.2) is 24.5 Å². The Balaban J connectivity index is 1.46. The third-order valence-corrected chi connectivity index (χ3v) is 5.97. The summed E-state index contributed by atoms with van der Waals surface area (Å²) in [7, 11) is 1.94. The highest BCUT2D eigenvalue weighted by atomic mass is 16.2. The number of nitrogens with zero attached hydrogens (tertiary/aromatic N) is 4. The number of hydrogen-bond acceptors (Lipinski definition) is 2. The SMILES string of the molecule is Cc1cnc(C2CCC2)n1CC1CCCN(C(=O)c2cccn2C)C1. The summed E-state index contributed by atoms with van der Waals surface area (Å²) in [5, 5.41) is 0. The summed E-state index contributed by atoms with van der Waals surface area (Å²) >= 11 is 0. The summed E-state index contributed by atoms with van der Waals surface area (Å²) in [6.45, 7) is 4.88. The Labute approximate surface area is 149 Å². The Hall–Kier alpha value is -2.04. The number of imidazole rings is 1. The van der Waals surface area contributed by atoms with Gasteiger partial charge in [0, 0.05) is 50.7 Å². The van der Waals surface area contributed by atoms with Gasteiger partial charge in [0.2, 0.25) is 0 Å². The third kappa shape index (κ3) is 3.12. The van der Waals surface area contributed by atoms with Crippen LogP contribution in [-0.2, 0) is 13.6 Å². The van der Waals surface area contributed by atoms with Crippen molar-refractivity contribution in [2.24, 2.45) is 13.0 Å². The molecule has 2 fully saturated rings. The maximum Gasteiger partial charge on any atom is 0.270 e. The Morgan fingerprint density at radius 3 is 2.80 bits per heavy atom. The highest BCUT2D eigenvalue weighted by Crippen LogP contribution is 2.36. The van der Waals surface area contributed by atoms with Gasteiger partial charge < -0.3 is 14.0 Å². The van der Waals surface area contributed by atoms with Crippen LogP contribution in [0.4, 0.5) is 0 Å². The molecular weight excluding hydrogens is 312 g/mol. The predicted octanol–water partition coefficient (Wildman–Crippen LogP) is 3.35. The third-order valence-electron chi connectivity index (χ3n) is 5.97. The maximum atomic E-state index is 12.8. The van der Waals surface area contributed by atoms with Crippen LogP contribution in [0.1, 0.15) is 60.0 Å². The number of carbonyl (C=O) groups is 1. The molecule has 1 aliphatic carbocycles. The second-order valence-electron chi connectivity index (χ2n) is 7.76. The van der Waals surface area contributed by atoms with Gasteiger partial charge in [0.25, 0.3) is 5.91 Å². The number of carbonyl (C=O) groups excluding carboxylic acids is 1. The molecule has 0 radical (unpaired) electrons. The van der Waals surface area contributed by atoms with Gasteiger partial charge in [-0.2, -0.15) is 0 Å². The molecular formula is C20H28N4O. The molecule has 4 rings (SSSR count). The molecule has 1 atom stereocenters. The van der Waals surface area contributed by atoms with E-state index in [-0.39, 0.29) is 5.91 Å². The summed E-state index contributed by atoms with van der Waals surface area (Å²) in [6.07, 6.45) is 10.1. The van der Waals surface area contributed by atoms with Crippen LogP contribution in [0.3, 0.4) is 0 Å². The van der Waals surface area contributed by atoms with Crippen molar-refractivity contribution in [3.63, 3.8) is 0 Å². The second kappa shape index (κ2) is 6.70. The van der Waals surface area contributed by atoms with E-state index in [2.05, 4.69) is 16.5 Å². The zero-order valence-corrected chi connectivity index (χ0v) is 15.3. The van der Waals surface area contributed by atoms with E-state index < -0.39 is 0 Å². The first-order chi connectivity index (χ1) is 12.1. The summed E-state index contributed by atoms with van der Waals surface area (Å²) in [5.74, 6) is 2.61. The fourth-order valence-electron chi connectivity index (χ4n) is 4.21. The topological polar surface area (TPSA) is 43.1 Å². The lowest BCUT2D eigenvalue weighted by Gasteiger charge is -2.34. The molecule has 1 amide bonds. The summed E-state index contributed by atoms with van der Waals surface area (Å²) < 4.78 is 4.34. The van der Waals surface area contributed by atoms with E-state index in [9.17, 15) is 4.79 Å². The van der Waals surface area contributed by atoms with Gasteiger partial charge in [0.15, 0.2) is 0 Å². The van der Waals surface area contributed by atoms with Crippen LogP contribution < -0.4 is 0 Å². The molecule has 5 heteroatoms. The van der Waals surface area contributed by atoms with E-state index >= 15 is 0 Å². The highest BCUT2D eigenvalue weighted by Gasteiger charge is 2.29. The van der Waals surface area contributed by atoms with Crippen molar-refractivity contribution in [3.8, 4) is 0 Å². The van der Waals surface area contributed by atoms with Gasteiger partial charge in [-0.3, -0.25) is 4.79 Å². The lowest BCUT2D eigenvalue weighted by molar-refractivity contribution is 0.0651. The molecule has 1 unspecified atom stereocenters. The van der Waals surface area contributed by atoms with Gasteiger partial charge in [-0.05, 0) is 50.7 Å². The van der Waals surface area contributed by atoms with Crippen molar-refractivity contribution in [2.75, 3.05) is 13.1 Å². The van der Waals surface area contributed by atoms with Gasteiger partial charge in [-0.15, -0.1) is 0 Å². The Kier molecular flexibility index (Phi) is 4.40. The average Bonchev–Trinajstić information content (AvgIpc) is 3.13. The Bertz CT molecular complexity index is 756. The van der Waals surface area contributed by atoms with Gasteiger partial charge in [0.05, 0.1) is 0 Å². The number of hydrogen-bond donors (Lipinski definition) is 0. The van der Waals surface area contributed by atoms with Crippen LogP contribution in [0.5, 0.6) is 0 Å². The monoisotopic (exact) mass is 340 g/mol. The molecule has 1 saturated carbocycles. The van der Waals surface area contributed by atoms with E-state index in [1.165, 1.54) is 37.2 Å². The quantitative estimate of drug-likeness (QED) is 0.857. The lowest BCUT2D eigenvalue weighted by Crippen LogP contribution is -2.42. The van der Waals surface area contributed by atoms with Crippen molar-refractivity contribution in [1.82, 2.24) is 19.0 Å². The van der Waals surface area contributed by atoms with Crippen LogP contribution >= 0.6 is 0 Å². The summed E-state index contributed by atoms with van der Waals surface area (Å²) in [5.41, 5.74) is 2.04. The molecule has 2 aliphatic rings. The van der Waals surface area contributed by atoms with E-state index in [0.717, 1.165) is 31.7 Å². The minimum atomic E-state index is 0.166. The fraction of sp³-hybridized carbons (Fsp3) is 0.600. The smallest absolute Gasteiger partial charge is 0.270 e. The van der Waals surface area contributed by atoms with Crippen LogP contribution in [0, 0.1) is 12.8 Å². The molecule has 5 nitrogen and oxygen atoms in total. The molecule has 0 bridgehead atoms. The molecule has 25 heavy (non-hydrogen) atoms. The number of likely N-dealkylation sites (tertiary alicyclic amines) is 1. The minimum absolute atomic E-state index is 0.166. The van der Waals surface area contributed by atoms with E-state index in [1.807, 2.05) is 41.0 Å².